The van der Waals surface area contributed by atoms with E-state index in [1.165, 1.54) is 11.8 Å². The van der Waals surface area contributed by atoms with Gasteiger partial charge in [0.15, 0.2) is 5.17 Å². The second-order valence-electron chi connectivity index (χ2n) is 1.41. The summed E-state index contributed by atoms with van der Waals surface area (Å²) in [7, 11) is 0. The van der Waals surface area contributed by atoms with E-state index in [2.05, 4.69) is 0 Å². The van der Waals surface area contributed by atoms with Crippen molar-refractivity contribution in [3.63, 3.8) is 0 Å². The van der Waals surface area contributed by atoms with Crippen LogP contribution in [0.15, 0.2) is 0 Å². The van der Waals surface area contributed by atoms with Gasteiger partial charge in [-0.15, -0.1) is 17.0 Å². The summed E-state index contributed by atoms with van der Waals surface area (Å²) in [5.74, 6) is 0.781. The summed E-state index contributed by atoms with van der Waals surface area (Å²) in [6, 6.07) is 0. The van der Waals surface area contributed by atoms with Gasteiger partial charge in [0, 0.05) is 12.4 Å². The largest absolute Gasteiger partial charge is 0.381 e. The van der Waals surface area contributed by atoms with Gasteiger partial charge in [-0.05, 0) is 6.92 Å². The summed E-state index contributed by atoms with van der Waals surface area (Å²) in [6.07, 6.45) is 0. The van der Waals surface area contributed by atoms with Crippen molar-refractivity contribution in [2.45, 2.75) is 6.92 Å². The Morgan fingerprint density at radius 3 is 2.70 bits per heavy atom. The van der Waals surface area contributed by atoms with E-state index in [-0.39, 0.29) is 22.1 Å². The zero-order valence-corrected chi connectivity index (χ0v) is 8.45. The van der Waals surface area contributed by atoms with Gasteiger partial charge in [-0.3, -0.25) is 5.41 Å². The van der Waals surface area contributed by atoms with Crippen molar-refractivity contribution in [3.05, 3.63) is 0 Å². The molecule has 5 heteroatoms. The molecular formula is C5H13BrN2OS. The first-order valence-corrected chi connectivity index (χ1v) is 3.80. The minimum absolute atomic E-state index is 0. The Bertz CT molecular complexity index is 91.7. The number of rotatable bonds is 4. The molecule has 3 nitrogen and oxygen atoms in total. The first-order chi connectivity index (χ1) is 4.27. The lowest BCUT2D eigenvalue weighted by atomic mass is 10.8. The van der Waals surface area contributed by atoms with Crippen LogP contribution in [0.4, 0.5) is 0 Å². The van der Waals surface area contributed by atoms with Crippen molar-refractivity contribution < 1.29 is 4.74 Å². The molecule has 0 fully saturated rings. The predicted molar refractivity (Wildman–Crippen MR) is 51.2 cm³/mol. The maximum absolute atomic E-state index is 6.82. The first kappa shape index (κ1) is 12.9. The average Bonchev–Trinajstić information content (AvgIpc) is 1.80. The number of hydrogen-bond acceptors (Lipinski definition) is 3. The highest BCUT2D eigenvalue weighted by atomic mass is 79.9. The Morgan fingerprint density at radius 1 is 1.70 bits per heavy atom. The van der Waals surface area contributed by atoms with Gasteiger partial charge in [0.1, 0.15) is 0 Å². The summed E-state index contributed by atoms with van der Waals surface area (Å²) in [5, 5.41) is 6.98. The number of nitrogens with two attached hydrogens (primary N) is 1. The standard InChI is InChI=1S/C5H12N2OS.BrH/c1-2-8-3-4-9-5(6)7;/h2-4H2,1H3,(H3,6,7);1H. The number of amidine groups is 1. The van der Waals surface area contributed by atoms with Crippen LogP contribution in [0.25, 0.3) is 0 Å². The maximum atomic E-state index is 6.82. The van der Waals surface area contributed by atoms with Gasteiger partial charge < -0.3 is 10.5 Å². The Balaban J connectivity index is 0. The molecule has 0 spiro atoms. The van der Waals surface area contributed by atoms with Gasteiger partial charge in [-0.2, -0.15) is 0 Å². The predicted octanol–water partition coefficient (Wildman–Crippen LogP) is 1.23. The van der Waals surface area contributed by atoms with Gasteiger partial charge in [0.2, 0.25) is 0 Å². The lowest BCUT2D eigenvalue weighted by Crippen LogP contribution is -2.07. The van der Waals surface area contributed by atoms with Crippen LogP contribution in [0.2, 0.25) is 0 Å². The molecule has 0 unspecified atom stereocenters. The second kappa shape index (κ2) is 9.26. The van der Waals surface area contributed by atoms with E-state index in [0.717, 1.165) is 12.4 Å². The van der Waals surface area contributed by atoms with E-state index in [1.807, 2.05) is 6.92 Å². The van der Waals surface area contributed by atoms with Gasteiger partial charge in [0.25, 0.3) is 0 Å². The highest BCUT2D eigenvalue weighted by Gasteiger charge is 1.88. The second-order valence-corrected chi connectivity index (χ2v) is 2.55. The summed E-state index contributed by atoms with van der Waals surface area (Å²) in [5.41, 5.74) is 5.07. The third-order valence-corrected chi connectivity index (χ3v) is 1.37. The molecule has 0 bridgehead atoms. The van der Waals surface area contributed by atoms with Crippen LogP contribution >= 0.6 is 28.7 Å². The van der Waals surface area contributed by atoms with Crippen molar-refractivity contribution in [3.8, 4) is 0 Å². The van der Waals surface area contributed by atoms with Crippen molar-refractivity contribution in [2.24, 2.45) is 5.73 Å². The number of ether oxygens (including phenoxy) is 1. The molecule has 0 rings (SSSR count). The molecule has 0 aromatic rings. The van der Waals surface area contributed by atoms with Gasteiger partial charge >= 0.3 is 0 Å². The fourth-order valence-electron chi connectivity index (χ4n) is 0.355. The fraction of sp³-hybridized carbons (Fsp3) is 0.800. The molecule has 62 valence electrons. The van der Waals surface area contributed by atoms with E-state index in [1.54, 1.807) is 0 Å². The smallest absolute Gasteiger partial charge is 0.151 e. The molecule has 0 aliphatic heterocycles. The van der Waals surface area contributed by atoms with E-state index < -0.39 is 0 Å². The summed E-state index contributed by atoms with van der Waals surface area (Å²) >= 11 is 1.31. The van der Waals surface area contributed by atoms with Crippen LogP contribution in [0.5, 0.6) is 0 Å². The zero-order valence-electron chi connectivity index (χ0n) is 5.92. The molecule has 0 saturated carbocycles. The zero-order chi connectivity index (χ0) is 7.11. The third kappa shape index (κ3) is 11.1. The van der Waals surface area contributed by atoms with Crippen LogP contribution in [0.3, 0.4) is 0 Å². The Morgan fingerprint density at radius 2 is 2.30 bits per heavy atom. The van der Waals surface area contributed by atoms with Crippen LogP contribution < -0.4 is 5.73 Å². The van der Waals surface area contributed by atoms with E-state index in [4.69, 9.17) is 15.9 Å². The quantitative estimate of drug-likeness (QED) is 0.433. The van der Waals surface area contributed by atoms with E-state index in [0.29, 0.717) is 6.61 Å². The SMILES string of the molecule is Br.CCOCCSC(=N)N. The molecule has 0 aromatic carbocycles. The minimum Gasteiger partial charge on any atom is -0.381 e. The highest BCUT2D eigenvalue weighted by molar-refractivity contribution is 8.93. The molecule has 0 saturated heterocycles. The number of thioether (sulfide) groups is 1. The first-order valence-electron chi connectivity index (χ1n) is 2.82. The van der Waals surface area contributed by atoms with Crippen LogP contribution in [0, 0.1) is 5.41 Å². The lowest BCUT2D eigenvalue weighted by Gasteiger charge is -1.97. The van der Waals surface area contributed by atoms with Crippen LogP contribution in [-0.2, 0) is 4.74 Å². The van der Waals surface area contributed by atoms with E-state index >= 15 is 0 Å². The molecule has 3 N–H and O–H groups in total. The summed E-state index contributed by atoms with van der Waals surface area (Å²) in [6.45, 7) is 3.36. The Hall–Kier alpha value is 0.260. The normalized spacial score (nSPS) is 8.50. The van der Waals surface area contributed by atoms with Crippen LogP contribution in [-0.4, -0.2) is 24.1 Å². The third-order valence-electron chi connectivity index (χ3n) is 0.689. The summed E-state index contributed by atoms with van der Waals surface area (Å²) in [4.78, 5) is 0. The molecule has 0 heterocycles. The number of halogens is 1. The fourth-order valence-corrected chi connectivity index (χ4v) is 0.776. The molecule has 10 heavy (non-hydrogen) atoms. The van der Waals surface area contributed by atoms with Crippen molar-refractivity contribution >= 4 is 33.9 Å². The van der Waals surface area contributed by atoms with E-state index in [9.17, 15) is 0 Å². The minimum atomic E-state index is 0. The van der Waals surface area contributed by atoms with Gasteiger partial charge in [0.05, 0.1) is 6.61 Å². The van der Waals surface area contributed by atoms with Crippen LogP contribution in [0.1, 0.15) is 6.92 Å². The monoisotopic (exact) mass is 228 g/mol. The van der Waals surface area contributed by atoms with Gasteiger partial charge in [-0.25, -0.2) is 0 Å². The topological polar surface area (TPSA) is 59.1 Å². The average molecular weight is 229 g/mol. The van der Waals surface area contributed by atoms with Crippen molar-refractivity contribution in [2.75, 3.05) is 19.0 Å². The van der Waals surface area contributed by atoms with Gasteiger partial charge in [-0.1, -0.05) is 11.8 Å². The Labute approximate surface area is 76.0 Å². The molecule has 0 aliphatic rings. The molecule has 0 aliphatic carbocycles. The maximum Gasteiger partial charge on any atom is 0.151 e. The molecule has 0 aromatic heterocycles. The van der Waals surface area contributed by atoms with Crippen molar-refractivity contribution in [1.82, 2.24) is 0 Å². The van der Waals surface area contributed by atoms with Crippen molar-refractivity contribution in [1.29, 1.82) is 5.41 Å². The highest BCUT2D eigenvalue weighted by Crippen LogP contribution is 1.95. The lowest BCUT2D eigenvalue weighted by molar-refractivity contribution is 0.164. The molecule has 0 amide bonds. The Kier molecular flexibility index (Phi) is 11.9. The summed E-state index contributed by atoms with van der Waals surface area (Å²) < 4.78 is 5.01. The number of hydrogen-bond donors (Lipinski definition) is 2. The molecular weight excluding hydrogens is 216 g/mol. The molecule has 0 atom stereocenters. The number of nitrogens with one attached hydrogen (secondary N) is 1. The molecule has 0 radical (unpaired) electrons.